The fourth-order valence-electron chi connectivity index (χ4n) is 1.79. The summed E-state index contributed by atoms with van der Waals surface area (Å²) in [5.74, 6) is 0. The third kappa shape index (κ3) is 4.21. The van der Waals surface area contributed by atoms with Crippen molar-refractivity contribution in [3.8, 4) is 0 Å². The predicted octanol–water partition coefficient (Wildman–Crippen LogP) is 3.20. The highest BCUT2D eigenvalue weighted by molar-refractivity contribution is 9.11. The molecule has 2 N–H and O–H groups in total. The molecule has 1 atom stereocenters. The lowest BCUT2D eigenvalue weighted by Gasteiger charge is -2.15. The lowest BCUT2D eigenvalue weighted by molar-refractivity contribution is 0.241. The Morgan fingerprint density at radius 1 is 1.17 bits per heavy atom. The van der Waals surface area contributed by atoms with Crippen molar-refractivity contribution in [2.45, 2.75) is 19.0 Å². The predicted molar refractivity (Wildman–Crippen MR) is 79.9 cm³/mol. The van der Waals surface area contributed by atoms with Crippen LogP contribution < -0.4 is 5.32 Å². The minimum absolute atomic E-state index is 0.105. The van der Waals surface area contributed by atoms with Crippen molar-refractivity contribution in [3.05, 3.63) is 56.7 Å². The smallest absolute Gasteiger partial charge is 0.0701 e. The number of rotatable bonds is 6. The van der Waals surface area contributed by atoms with Crippen molar-refractivity contribution in [2.75, 3.05) is 6.61 Å². The van der Waals surface area contributed by atoms with Gasteiger partial charge >= 0.3 is 0 Å². The fraction of sp³-hybridized carbons (Fsp3) is 0.286. The first-order valence-electron chi connectivity index (χ1n) is 5.90. The van der Waals surface area contributed by atoms with Crippen molar-refractivity contribution < 1.29 is 5.11 Å². The summed E-state index contributed by atoms with van der Waals surface area (Å²) in [5, 5.41) is 12.8. The van der Waals surface area contributed by atoms with Crippen LogP contribution in [0.4, 0.5) is 0 Å². The topological polar surface area (TPSA) is 32.3 Å². The van der Waals surface area contributed by atoms with Gasteiger partial charge in [0.15, 0.2) is 0 Å². The zero-order valence-electron chi connectivity index (χ0n) is 9.97. The van der Waals surface area contributed by atoms with E-state index in [1.165, 1.54) is 10.4 Å². The lowest BCUT2D eigenvalue weighted by Crippen LogP contribution is -2.33. The molecule has 96 valence electrons. The van der Waals surface area contributed by atoms with Gasteiger partial charge in [0.25, 0.3) is 0 Å². The van der Waals surface area contributed by atoms with E-state index in [0.29, 0.717) is 0 Å². The molecule has 0 bridgehead atoms. The second-order valence-electron chi connectivity index (χ2n) is 4.16. The molecule has 1 heterocycles. The van der Waals surface area contributed by atoms with Gasteiger partial charge in [0.05, 0.1) is 10.4 Å². The first-order valence-corrected chi connectivity index (χ1v) is 7.51. The summed E-state index contributed by atoms with van der Waals surface area (Å²) in [6.45, 7) is 0.954. The molecule has 0 amide bonds. The van der Waals surface area contributed by atoms with Crippen LogP contribution >= 0.6 is 27.3 Å². The number of benzene rings is 1. The second kappa shape index (κ2) is 7.04. The highest BCUT2D eigenvalue weighted by Gasteiger charge is 2.08. The normalized spacial score (nSPS) is 12.6. The minimum Gasteiger partial charge on any atom is -0.395 e. The van der Waals surface area contributed by atoms with E-state index in [-0.39, 0.29) is 12.6 Å². The monoisotopic (exact) mass is 325 g/mol. The molecule has 1 aromatic carbocycles. The van der Waals surface area contributed by atoms with Crippen LogP contribution in [-0.2, 0) is 13.0 Å². The van der Waals surface area contributed by atoms with Gasteiger partial charge in [-0.25, -0.2) is 0 Å². The van der Waals surface area contributed by atoms with Gasteiger partial charge in [-0.05, 0) is 40.0 Å². The molecular formula is C14H16BrNOS. The van der Waals surface area contributed by atoms with Gasteiger partial charge in [0, 0.05) is 17.5 Å². The van der Waals surface area contributed by atoms with E-state index in [1.807, 2.05) is 24.3 Å². The van der Waals surface area contributed by atoms with Gasteiger partial charge in [-0.15, -0.1) is 11.3 Å². The van der Waals surface area contributed by atoms with Crippen LogP contribution in [0.15, 0.2) is 46.3 Å². The van der Waals surface area contributed by atoms with Gasteiger partial charge < -0.3 is 10.4 Å². The summed E-state index contributed by atoms with van der Waals surface area (Å²) in [7, 11) is 0. The maximum atomic E-state index is 9.40. The van der Waals surface area contributed by atoms with Crippen LogP contribution in [0.3, 0.4) is 0 Å². The molecule has 0 spiro atoms. The van der Waals surface area contributed by atoms with Crippen molar-refractivity contribution in [1.29, 1.82) is 0 Å². The number of aliphatic hydroxyl groups excluding tert-OH is 1. The zero-order chi connectivity index (χ0) is 12.8. The molecule has 2 aromatic rings. The summed E-state index contributed by atoms with van der Waals surface area (Å²) < 4.78 is 1.14. The van der Waals surface area contributed by atoms with E-state index in [1.54, 1.807) is 11.3 Å². The Kier molecular flexibility index (Phi) is 5.38. The van der Waals surface area contributed by atoms with Crippen LogP contribution in [-0.4, -0.2) is 17.8 Å². The summed E-state index contributed by atoms with van der Waals surface area (Å²) >= 11 is 5.17. The number of nitrogens with one attached hydrogen (secondary N) is 1. The molecule has 18 heavy (non-hydrogen) atoms. The van der Waals surface area contributed by atoms with E-state index < -0.39 is 0 Å². The molecule has 2 nitrogen and oxygen atoms in total. The van der Waals surface area contributed by atoms with E-state index in [9.17, 15) is 5.11 Å². The Bertz CT molecular complexity index is 472. The summed E-state index contributed by atoms with van der Waals surface area (Å²) in [5.41, 5.74) is 1.25. The van der Waals surface area contributed by atoms with Crippen LogP contribution in [0.5, 0.6) is 0 Å². The Balaban J connectivity index is 1.86. The molecule has 0 aliphatic heterocycles. The van der Waals surface area contributed by atoms with E-state index in [4.69, 9.17) is 0 Å². The molecule has 0 unspecified atom stereocenters. The first kappa shape index (κ1) is 13.7. The van der Waals surface area contributed by atoms with Crippen LogP contribution in [0, 0.1) is 0 Å². The molecule has 0 aliphatic carbocycles. The molecule has 0 fully saturated rings. The van der Waals surface area contributed by atoms with Crippen LogP contribution in [0.2, 0.25) is 0 Å². The standard InChI is InChI=1S/C14H16BrNOS/c15-14-7-6-13(18-14)9-16-12(10-17)8-11-4-2-1-3-5-11/h1-7,12,16-17H,8-10H2/t12-/m0/s1. The summed E-state index contributed by atoms with van der Waals surface area (Å²) in [6, 6.07) is 14.5. The van der Waals surface area contributed by atoms with Gasteiger partial charge in [-0.2, -0.15) is 0 Å². The minimum atomic E-state index is 0.105. The molecule has 0 saturated carbocycles. The van der Waals surface area contributed by atoms with Crippen molar-refractivity contribution in [2.24, 2.45) is 0 Å². The van der Waals surface area contributed by atoms with Crippen molar-refractivity contribution >= 4 is 27.3 Å². The average molecular weight is 326 g/mol. The quantitative estimate of drug-likeness (QED) is 0.854. The molecular weight excluding hydrogens is 310 g/mol. The number of thiophene rings is 1. The molecule has 0 radical (unpaired) electrons. The largest absolute Gasteiger partial charge is 0.395 e. The van der Waals surface area contributed by atoms with E-state index in [0.717, 1.165) is 16.8 Å². The van der Waals surface area contributed by atoms with Gasteiger partial charge in [-0.1, -0.05) is 30.3 Å². The number of hydrogen-bond donors (Lipinski definition) is 2. The third-order valence-electron chi connectivity index (χ3n) is 2.74. The van der Waals surface area contributed by atoms with Gasteiger partial charge in [-0.3, -0.25) is 0 Å². The Labute approximate surface area is 120 Å². The number of halogens is 1. The third-order valence-corrected chi connectivity index (χ3v) is 4.36. The second-order valence-corrected chi connectivity index (χ2v) is 6.70. The average Bonchev–Trinajstić information content (AvgIpc) is 2.81. The Morgan fingerprint density at radius 2 is 1.94 bits per heavy atom. The molecule has 4 heteroatoms. The summed E-state index contributed by atoms with van der Waals surface area (Å²) in [4.78, 5) is 1.27. The first-order chi connectivity index (χ1) is 8.78. The van der Waals surface area contributed by atoms with Crippen molar-refractivity contribution in [1.82, 2.24) is 5.32 Å². The maximum Gasteiger partial charge on any atom is 0.0701 e. The Hall–Kier alpha value is -0.680. The van der Waals surface area contributed by atoms with Gasteiger partial charge in [0.1, 0.15) is 0 Å². The van der Waals surface area contributed by atoms with Crippen LogP contribution in [0.25, 0.3) is 0 Å². The van der Waals surface area contributed by atoms with E-state index in [2.05, 4.69) is 39.4 Å². The van der Waals surface area contributed by atoms with Crippen molar-refractivity contribution in [3.63, 3.8) is 0 Å². The molecule has 0 aliphatic rings. The Morgan fingerprint density at radius 3 is 2.56 bits per heavy atom. The number of aliphatic hydroxyl groups is 1. The molecule has 1 aromatic heterocycles. The maximum absolute atomic E-state index is 9.40. The summed E-state index contributed by atoms with van der Waals surface area (Å²) in [6.07, 6.45) is 0.851. The SMILES string of the molecule is OC[C@H](Cc1ccccc1)NCc1ccc(Br)s1. The fourth-order valence-corrected chi connectivity index (χ4v) is 3.23. The highest BCUT2D eigenvalue weighted by atomic mass is 79.9. The molecule has 0 saturated heterocycles. The van der Waals surface area contributed by atoms with Gasteiger partial charge in [0.2, 0.25) is 0 Å². The number of hydrogen-bond acceptors (Lipinski definition) is 3. The lowest BCUT2D eigenvalue weighted by atomic mass is 10.1. The highest BCUT2D eigenvalue weighted by Crippen LogP contribution is 2.21. The van der Waals surface area contributed by atoms with Crippen LogP contribution in [0.1, 0.15) is 10.4 Å². The molecule has 2 rings (SSSR count). The van der Waals surface area contributed by atoms with E-state index >= 15 is 0 Å². The zero-order valence-corrected chi connectivity index (χ0v) is 12.4.